The Hall–Kier alpha value is -2.54. The highest BCUT2D eigenvalue weighted by atomic mass is 16.6. The molecule has 0 saturated heterocycles. The van der Waals surface area contributed by atoms with Gasteiger partial charge in [-0.3, -0.25) is 10.1 Å². The minimum atomic E-state index is -1.27. The minimum Gasteiger partial charge on any atom is -0.353 e. The van der Waals surface area contributed by atoms with Gasteiger partial charge in [0.05, 0.1) is 17.2 Å². The lowest BCUT2D eigenvalue weighted by Crippen LogP contribution is -2.50. The molecule has 2 aromatic rings. The van der Waals surface area contributed by atoms with Crippen LogP contribution in [-0.2, 0) is 12.3 Å². The molecule has 7 heteroatoms. The summed E-state index contributed by atoms with van der Waals surface area (Å²) >= 11 is 0. The number of aliphatic hydroxyl groups is 1. The van der Waals surface area contributed by atoms with Crippen molar-refractivity contribution in [2.75, 3.05) is 4.90 Å². The predicted molar refractivity (Wildman–Crippen MR) is 118 cm³/mol. The van der Waals surface area contributed by atoms with E-state index < -0.39 is 10.6 Å². The van der Waals surface area contributed by atoms with Gasteiger partial charge in [-0.1, -0.05) is 62.8 Å². The number of nitro benzene ring substituents is 1. The zero-order valence-corrected chi connectivity index (χ0v) is 18.2. The van der Waals surface area contributed by atoms with Crippen LogP contribution in [0.2, 0.25) is 0 Å². The van der Waals surface area contributed by atoms with Crippen molar-refractivity contribution in [1.29, 1.82) is 0 Å². The van der Waals surface area contributed by atoms with Crippen molar-refractivity contribution in [2.24, 2.45) is 0 Å². The molecule has 1 aromatic carbocycles. The van der Waals surface area contributed by atoms with E-state index in [9.17, 15) is 15.2 Å². The van der Waals surface area contributed by atoms with E-state index in [2.05, 4.69) is 9.88 Å². The molecule has 166 valence electrons. The van der Waals surface area contributed by atoms with Crippen molar-refractivity contribution in [3.8, 4) is 0 Å². The van der Waals surface area contributed by atoms with Crippen LogP contribution >= 0.6 is 0 Å². The quantitative estimate of drug-likeness (QED) is 0.441. The zero-order valence-electron chi connectivity index (χ0n) is 18.2. The van der Waals surface area contributed by atoms with Crippen molar-refractivity contribution in [2.45, 2.75) is 88.9 Å². The second-order valence-electron chi connectivity index (χ2n) is 8.95. The Labute approximate surface area is 183 Å². The summed E-state index contributed by atoms with van der Waals surface area (Å²) in [5, 5.41) is 23.1. The first-order valence-corrected chi connectivity index (χ1v) is 11.7. The molecule has 0 amide bonds. The lowest BCUT2D eigenvalue weighted by molar-refractivity contribution is -0.685. The molecule has 1 aliphatic heterocycles. The molecule has 7 nitrogen and oxygen atoms in total. The number of aromatic nitrogens is 2. The average Bonchev–Trinajstić information content (AvgIpc) is 3.07. The Morgan fingerprint density at radius 1 is 1.00 bits per heavy atom. The van der Waals surface area contributed by atoms with E-state index >= 15 is 0 Å². The minimum absolute atomic E-state index is 0.0335. The highest BCUT2D eigenvalue weighted by Crippen LogP contribution is 2.38. The number of nitrogens with zero attached hydrogens (tertiary/aromatic N) is 4. The molecule has 1 aliphatic carbocycles. The van der Waals surface area contributed by atoms with Crippen LogP contribution in [0.1, 0.15) is 76.2 Å². The van der Waals surface area contributed by atoms with Gasteiger partial charge in [-0.15, -0.1) is 0 Å². The number of fused-ring (bicyclic) bond motifs is 1. The summed E-state index contributed by atoms with van der Waals surface area (Å²) in [4.78, 5) is 17.4. The fourth-order valence-corrected chi connectivity index (χ4v) is 5.14. The van der Waals surface area contributed by atoms with Gasteiger partial charge in [0.15, 0.2) is 0 Å². The van der Waals surface area contributed by atoms with Crippen molar-refractivity contribution >= 4 is 11.6 Å². The van der Waals surface area contributed by atoms with Crippen LogP contribution in [0.4, 0.5) is 11.6 Å². The lowest BCUT2D eigenvalue weighted by atomic mass is 9.93. The average molecular weight is 426 g/mol. The van der Waals surface area contributed by atoms with Crippen LogP contribution in [0.5, 0.6) is 0 Å². The molecule has 2 heterocycles. The molecule has 1 N–H and O–H groups in total. The Bertz CT molecular complexity index is 877. The Morgan fingerprint density at radius 3 is 2.16 bits per heavy atom. The number of hydrogen-bond donors (Lipinski definition) is 1. The fraction of sp³-hybridized carbons (Fsp3) is 0.583. The molecule has 0 radical (unpaired) electrons. The van der Waals surface area contributed by atoms with Crippen LogP contribution < -0.4 is 9.47 Å². The van der Waals surface area contributed by atoms with Crippen LogP contribution in [0, 0.1) is 10.1 Å². The smallest absolute Gasteiger partial charge is 0.353 e. The number of benzene rings is 1. The summed E-state index contributed by atoms with van der Waals surface area (Å²) in [5.74, 6) is 0.778. The van der Waals surface area contributed by atoms with Crippen LogP contribution in [0.15, 0.2) is 42.7 Å². The van der Waals surface area contributed by atoms with E-state index in [0.717, 1.165) is 31.6 Å². The van der Waals surface area contributed by atoms with Crippen LogP contribution in [-0.4, -0.2) is 21.1 Å². The topological polar surface area (TPSA) is 83.4 Å². The maximum absolute atomic E-state index is 12.0. The molecule has 2 aliphatic rings. The van der Waals surface area contributed by atoms with Crippen molar-refractivity contribution in [1.82, 2.24) is 4.98 Å². The summed E-state index contributed by atoms with van der Waals surface area (Å²) in [6, 6.07) is 8.40. The van der Waals surface area contributed by atoms with E-state index in [1.54, 1.807) is 18.3 Å². The highest BCUT2D eigenvalue weighted by Gasteiger charge is 2.54. The summed E-state index contributed by atoms with van der Waals surface area (Å²) in [6.07, 6.45) is 17.1. The van der Waals surface area contributed by atoms with E-state index in [1.165, 1.54) is 57.1 Å². The molecule has 0 spiro atoms. The van der Waals surface area contributed by atoms with Gasteiger partial charge in [0.25, 0.3) is 5.69 Å². The van der Waals surface area contributed by atoms with E-state index in [4.69, 9.17) is 0 Å². The second kappa shape index (κ2) is 9.73. The molecule has 1 saturated carbocycles. The summed E-state index contributed by atoms with van der Waals surface area (Å²) in [7, 11) is 0. The summed E-state index contributed by atoms with van der Waals surface area (Å²) in [5.41, 5.74) is -0.556. The molecular weight excluding hydrogens is 392 g/mol. The molecule has 1 fully saturated rings. The molecule has 0 unspecified atom stereocenters. The van der Waals surface area contributed by atoms with Gasteiger partial charge in [-0.05, 0) is 25.0 Å². The van der Waals surface area contributed by atoms with Crippen molar-refractivity contribution in [3.63, 3.8) is 0 Å². The first kappa shape index (κ1) is 21.7. The van der Waals surface area contributed by atoms with Gasteiger partial charge in [-0.25, -0.2) is 9.47 Å². The largest absolute Gasteiger partial charge is 0.397 e. The van der Waals surface area contributed by atoms with Crippen LogP contribution in [0.25, 0.3) is 0 Å². The second-order valence-corrected chi connectivity index (χ2v) is 8.95. The van der Waals surface area contributed by atoms with Gasteiger partial charge in [0.1, 0.15) is 12.7 Å². The molecule has 1 atom stereocenters. The number of anilines is 1. The van der Waals surface area contributed by atoms with Gasteiger partial charge in [-0.2, -0.15) is 0 Å². The molecule has 1 aromatic heterocycles. The third-order valence-corrected chi connectivity index (χ3v) is 6.78. The van der Waals surface area contributed by atoms with Gasteiger partial charge in [0, 0.05) is 23.8 Å². The molecular formula is C24H33N4O3+. The monoisotopic (exact) mass is 425 g/mol. The standard InChI is InChI=1S/C24H33N4O3/c29-24(20-13-15-22(16-14-20)28(30)31)19-26-18-10-17-25-23(26)27(24)21-11-8-6-4-2-1-3-5-7-9-12-21/h10,13-18,21,29H,1-9,11-12,19H2/q+1/t24-/m1/s1. The first-order valence-electron chi connectivity index (χ1n) is 11.7. The highest BCUT2D eigenvalue weighted by molar-refractivity contribution is 5.43. The maximum Gasteiger partial charge on any atom is 0.397 e. The van der Waals surface area contributed by atoms with Crippen molar-refractivity contribution < 1.29 is 14.6 Å². The predicted octanol–water partition coefficient (Wildman–Crippen LogP) is 4.62. The SMILES string of the molecule is O=[N+]([O-])c1ccc([C@]2(O)C[n+]3cccnc3N2C2CCCCCCCCCCC2)cc1. The molecule has 31 heavy (non-hydrogen) atoms. The van der Waals surface area contributed by atoms with E-state index in [0.29, 0.717) is 12.1 Å². The number of nitro groups is 1. The van der Waals surface area contributed by atoms with Gasteiger partial charge < -0.3 is 5.11 Å². The normalized spacial score (nSPS) is 23.6. The number of rotatable bonds is 3. The van der Waals surface area contributed by atoms with Gasteiger partial charge >= 0.3 is 5.95 Å². The summed E-state index contributed by atoms with van der Waals surface area (Å²) in [6.45, 7) is 0.366. The van der Waals surface area contributed by atoms with E-state index in [1.807, 2.05) is 16.8 Å². The number of non-ortho nitro benzene ring substituents is 1. The zero-order chi connectivity index (χ0) is 21.7. The Kier molecular flexibility index (Phi) is 6.80. The van der Waals surface area contributed by atoms with E-state index in [-0.39, 0.29) is 11.7 Å². The third kappa shape index (κ3) is 4.71. The first-order chi connectivity index (χ1) is 15.1. The number of hydrogen-bond acceptors (Lipinski definition) is 5. The maximum atomic E-state index is 12.0. The molecule has 0 bridgehead atoms. The third-order valence-electron chi connectivity index (χ3n) is 6.78. The summed E-state index contributed by atoms with van der Waals surface area (Å²) < 4.78 is 2.00. The fourth-order valence-electron chi connectivity index (χ4n) is 5.14. The van der Waals surface area contributed by atoms with Gasteiger partial charge in [0.2, 0.25) is 5.72 Å². The van der Waals surface area contributed by atoms with Crippen molar-refractivity contribution in [3.05, 3.63) is 58.4 Å². The lowest BCUT2D eigenvalue weighted by Gasteiger charge is -2.34. The van der Waals surface area contributed by atoms with Crippen LogP contribution in [0.3, 0.4) is 0 Å². The Balaban J connectivity index is 1.66. The molecule has 4 rings (SSSR count). The Morgan fingerprint density at radius 2 is 1.58 bits per heavy atom.